The van der Waals surface area contributed by atoms with E-state index in [1.54, 1.807) is 6.07 Å². The number of rotatable bonds is 4. The maximum absolute atomic E-state index is 12.1. The predicted molar refractivity (Wildman–Crippen MR) is 68.6 cm³/mol. The second-order valence-corrected chi connectivity index (χ2v) is 4.79. The van der Waals surface area contributed by atoms with Gasteiger partial charge in [-0.2, -0.15) is 0 Å². The van der Waals surface area contributed by atoms with Gasteiger partial charge in [-0.1, -0.05) is 6.07 Å². The van der Waals surface area contributed by atoms with E-state index in [1.807, 2.05) is 19.1 Å². The van der Waals surface area contributed by atoms with Crippen LogP contribution in [0.25, 0.3) is 0 Å². The summed E-state index contributed by atoms with van der Waals surface area (Å²) in [6.07, 6.45) is 2.44. The standard InChI is InChI=1S/C13H19N3O/c1-8-3-6-11(12(7-8)16-14)13(17)15-9(2)10-4-5-10/h3,6-7,9-10,16H,4-5,14H2,1-2H3,(H,15,17). The summed E-state index contributed by atoms with van der Waals surface area (Å²) in [6, 6.07) is 5.84. The molecule has 1 unspecified atom stereocenters. The largest absolute Gasteiger partial charge is 0.349 e. The van der Waals surface area contributed by atoms with Crippen LogP contribution in [0.15, 0.2) is 18.2 Å². The molecule has 4 nitrogen and oxygen atoms in total. The average Bonchev–Trinajstić information content (AvgIpc) is 3.12. The Morgan fingerprint density at radius 1 is 1.47 bits per heavy atom. The molecule has 0 radical (unpaired) electrons. The van der Waals surface area contributed by atoms with Gasteiger partial charge in [0.2, 0.25) is 0 Å². The lowest BCUT2D eigenvalue weighted by Gasteiger charge is -2.15. The van der Waals surface area contributed by atoms with Gasteiger partial charge < -0.3 is 10.7 Å². The summed E-state index contributed by atoms with van der Waals surface area (Å²) in [5, 5.41) is 3.02. The number of carbonyl (C=O) groups is 1. The molecule has 0 aromatic heterocycles. The number of nitrogen functional groups attached to an aromatic ring is 1. The third-order valence-corrected chi connectivity index (χ3v) is 3.26. The molecule has 4 N–H and O–H groups in total. The van der Waals surface area contributed by atoms with Crippen molar-refractivity contribution < 1.29 is 4.79 Å². The number of nitrogens with two attached hydrogens (primary N) is 1. The maximum atomic E-state index is 12.1. The van der Waals surface area contributed by atoms with E-state index in [4.69, 9.17) is 5.84 Å². The minimum Gasteiger partial charge on any atom is -0.349 e. The number of anilines is 1. The Morgan fingerprint density at radius 2 is 2.18 bits per heavy atom. The van der Waals surface area contributed by atoms with E-state index < -0.39 is 0 Å². The minimum atomic E-state index is -0.0580. The summed E-state index contributed by atoms with van der Waals surface area (Å²) in [4.78, 5) is 12.1. The Bertz CT molecular complexity index is 427. The first-order valence-electron chi connectivity index (χ1n) is 6.00. The highest BCUT2D eigenvalue weighted by Crippen LogP contribution is 2.32. The quantitative estimate of drug-likeness (QED) is 0.549. The number of carbonyl (C=O) groups excluding carboxylic acids is 1. The summed E-state index contributed by atoms with van der Waals surface area (Å²) in [5.74, 6) is 6.02. The lowest BCUT2D eigenvalue weighted by molar-refractivity contribution is 0.0936. The van der Waals surface area contributed by atoms with E-state index in [0.717, 1.165) is 5.56 Å². The fraction of sp³-hybridized carbons (Fsp3) is 0.462. The summed E-state index contributed by atoms with van der Waals surface area (Å²) in [5.41, 5.74) is 4.92. The second-order valence-electron chi connectivity index (χ2n) is 4.79. The highest BCUT2D eigenvalue weighted by Gasteiger charge is 2.29. The van der Waals surface area contributed by atoms with Crippen molar-refractivity contribution in [1.29, 1.82) is 0 Å². The zero-order valence-corrected chi connectivity index (χ0v) is 10.3. The third kappa shape index (κ3) is 2.77. The number of hydrogen-bond donors (Lipinski definition) is 3. The first-order valence-corrected chi connectivity index (χ1v) is 6.00. The molecular formula is C13H19N3O. The second kappa shape index (κ2) is 4.75. The zero-order chi connectivity index (χ0) is 12.4. The van der Waals surface area contributed by atoms with E-state index >= 15 is 0 Å². The fourth-order valence-corrected chi connectivity index (χ4v) is 1.97. The Morgan fingerprint density at radius 3 is 2.76 bits per heavy atom. The number of benzene rings is 1. The number of hydrazine groups is 1. The van der Waals surface area contributed by atoms with Crippen molar-refractivity contribution >= 4 is 11.6 Å². The molecule has 2 rings (SSSR count). The van der Waals surface area contributed by atoms with Gasteiger partial charge in [0.15, 0.2) is 0 Å². The van der Waals surface area contributed by atoms with E-state index in [9.17, 15) is 4.79 Å². The van der Waals surface area contributed by atoms with Crippen molar-refractivity contribution in [2.75, 3.05) is 5.43 Å². The van der Waals surface area contributed by atoms with Crippen molar-refractivity contribution in [3.05, 3.63) is 29.3 Å². The van der Waals surface area contributed by atoms with Crippen molar-refractivity contribution in [3.63, 3.8) is 0 Å². The van der Waals surface area contributed by atoms with Crippen molar-refractivity contribution in [2.24, 2.45) is 11.8 Å². The molecule has 17 heavy (non-hydrogen) atoms. The highest BCUT2D eigenvalue weighted by molar-refractivity contribution is 5.99. The maximum Gasteiger partial charge on any atom is 0.253 e. The van der Waals surface area contributed by atoms with Crippen LogP contribution in [0, 0.1) is 12.8 Å². The summed E-state index contributed by atoms with van der Waals surface area (Å²) >= 11 is 0. The molecule has 0 aliphatic heterocycles. The van der Waals surface area contributed by atoms with Gasteiger partial charge in [-0.05, 0) is 50.3 Å². The van der Waals surface area contributed by atoms with Gasteiger partial charge in [0.05, 0.1) is 11.3 Å². The van der Waals surface area contributed by atoms with Crippen molar-refractivity contribution in [2.45, 2.75) is 32.7 Å². The average molecular weight is 233 g/mol. The molecule has 1 aromatic rings. The smallest absolute Gasteiger partial charge is 0.253 e. The van der Waals surface area contributed by atoms with E-state index in [0.29, 0.717) is 17.2 Å². The number of aryl methyl sites for hydroxylation is 1. The molecule has 0 saturated heterocycles. The Balaban J connectivity index is 2.12. The summed E-state index contributed by atoms with van der Waals surface area (Å²) in [6.45, 7) is 4.02. The topological polar surface area (TPSA) is 67.2 Å². The Labute approximate surface area is 102 Å². The normalized spacial score (nSPS) is 16.4. The molecule has 4 heteroatoms. The predicted octanol–water partition coefficient (Wildman–Crippen LogP) is 1.81. The van der Waals surface area contributed by atoms with Crippen LogP contribution >= 0.6 is 0 Å². The van der Waals surface area contributed by atoms with Gasteiger partial charge in [-0.25, -0.2) is 0 Å². The van der Waals surface area contributed by atoms with Gasteiger partial charge >= 0.3 is 0 Å². The highest BCUT2D eigenvalue weighted by atomic mass is 16.1. The van der Waals surface area contributed by atoms with Gasteiger partial charge in [-0.3, -0.25) is 10.6 Å². The molecule has 1 saturated carbocycles. The van der Waals surface area contributed by atoms with Crippen molar-refractivity contribution in [1.82, 2.24) is 5.32 Å². The van der Waals surface area contributed by atoms with Gasteiger partial charge in [0.1, 0.15) is 0 Å². The molecule has 0 bridgehead atoms. The van der Waals surface area contributed by atoms with Crippen LogP contribution in [-0.4, -0.2) is 11.9 Å². The van der Waals surface area contributed by atoms with Gasteiger partial charge in [0, 0.05) is 6.04 Å². The zero-order valence-electron chi connectivity index (χ0n) is 10.3. The van der Waals surface area contributed by atoms with E-state index in [2.05, 4.69) is 17.7 Å². The summed E-state index contributed by atoms with van der Waals surface area (Å²) < 4.78 is 0. The molecule has 1 fully saturated rings. The van der Waals surface area contributed by atoms with Crippen molar-refractivity contribution in [3.8, 4) is 0 Å². The van der Waals surface area contributed by atoms with Gasteiger partial charge in [-0.15, -0.1) is 0 Å². The SMILES string of the molecule is Cc1ccc(C(=O)NC(C)C2CC2)c(NN)c1. The molecule has 1 aromatic carbocycles. The number of nitrogens with one attached hydrogen (secondary N) is 2. The molecule has 92 valence electrons. The van der Waals surface area contributed by atoms with Crippen LogP contribution < -0.4 is 16.6 Å². The molecule has 1 aliphatic carbocycles. The van der Waals surface area contributed by atoms with E-state index in [-0.39, 0.29) is 11.9 Å². The van der Waals surface area contributed by atoms with E-state index in [1.165, 1.54) is 12.8 Å². The fourth-order valence-electron chi connectivity index (χ4n) is 1.97. The minimum absolute atomic E-state index is 0.0580. The number of hydrogen-bond acceptors (Lipinski definition) is 3. The molecule has 0 spiro atoms. The monoisotopic (exact) mass is 233 g/mol. The number of amides is 1. The van der Waals surface area contributed by atoms with Crippen LogP contribution in [0.2, 0.25) is 0 Å². The molecule has 1 amide bonds. The van der Waals surface area contributed by atoms with Crippen LogP contribution in [0.3, 0.4) is 0 Å². The third-order valence-electron chi connectivity index (χ3n) is 3.26. The van der Waals surface area contributed by atoms with Crippen LogP contribution in [-0.2, 0) is 0 Å². The molecule has 1 aliphatic rings. The lowest BCUT2D eigenvalue weighted by Crippen LogP contribution is -2.34. The first kappa shape index (κ1) is 11.9. The molecule has 0 heterocycles. The summed E-state index contributed by atoms with van der Waals surface area (Å²) in [7, 11) is 0. The molecular weight excluding hydrogens is 214 g/mol. The lowest BCUT2D eigenvalue weighted by atomic mass is 10.1. The van der Waals surface area contributed by atoms with Crippen LogP contribution in [0.5, 0.6) is 0 Å². The van der Waals surface area contributed by atoms with Crippen LogP contribution in [0.1, 0.15) is 35.7 Å². The Hall–Kier alpha value is -1.55. The van der Waals surface area contributed by atoms with Crippen LogP contribution in [0.4, 0.5) is 5.69 Å². The molecule has 1 atom stereocenters. The Kier molecular flexibility index (Phi) is 3.33. The van der Waals surface area contributed by atoms with Gasteiger partial charge in [0.25, 0.3) is 5.91 Å². The first-order chi connectivity index (χ1) is 8.11.